The molecule has 65 heavy (non-hydrogen) atoms. The summed E-state index contributed by atoms with van der Waals surface area (Å²) in [7, 11) is 0.351. The minimum Gasteiger partial charge on any atom is -0.543 e. The van der Waals surface area contributed by atoms with E-state index in [9.17, 15) is 14.7 Å². The number of carbonyl (C=O) groups excluding carboxylic acids is 2. The average Bonchev–Trinajstić information content (AvgIpc) is 3.55. The first-order valence-corrected chi connectivity index (χ1v) is 25.5. The fourth-order valence-corrected chi connectivity index (χ4v) is 15.0. The van der Waals surface area contributed by atoms with Crippen molar-refractivity contribution in [2.75, 3.05) is 51.9 Å². The van der Waals surface area contributed by atoms with Crippen molar-refractivity contribution in [1.29, 1.82) is 0 Å². The lowest BCUT2D eigenvalue weighted by molar-refractivity contribution is -0.143. The number of carbonyl (C=O) groups is 2. The number of aromatic nitrogens is 2. The summed E-state index contributed by atoms with van der Waals surface area (Å²) in [6.07, 6.45) is 1.11. The van der Waals surface area contributed by atoms with Gasteiger partial charge in [-0.25, -0.2) is 14.0 Å². The molecule has 1 saturated heterocycles. The van der Waals surface area contributed by atoms with E-state index in [0.29, 0.717) is 29.8 Å². The predicted octanol–water partition coefficient (Wildman–Crippen LogP) is 10.4. The molecule has 5 rings (SSSR count). The number of hydrogen-bond acceptors (Lipinski definition) is 10. The number of methoxy groups -OCH3 is 2. The first-order valence-electron chi connectivity index (χ1n) is 23.4. The highest BCUT2D eigenvalue weighted by molar-refractivity contribution is 6.78. The van der Waals surface area contributed by atoms with Crippen LogP contribution in [0.3, 0.4) is 0 Å². The summed E-state index contributed by atoms with van der Waals surface area (Å²) < 4.78 is 43.7. The Balaban J connectivity index is 1.82. The van der Waals surface area contributed by atoms with E-state index >= 15 is 4.39 Å². The van der Waals surface area contributed by atoms with Crippen LogP contribution in [0.25, 0.3) is 33.3 Å². The molecule has 1 aliphatic rings. The summed E-state index contributed by atoms with van der Waals surface area (Å²) in [6.45, 7) is 30.6. The van der Waals surface area contributed by atoms with Gasteiger partial charge in [-0.05, 0) is 110 Å². The van der Waals surface area contributed by atoms with Crippen molar-refractivity contribution in [1.82, 2.24) is 20.2 Å². The summed E-state index contributed by atoms with van der Waals surface area (Å²) in [4.78, 5) is 33.8. The van der Waals surface area contributed by atoms with Crippen molar-refractivity contribution in [2.24, 2.45) is 5.41 Å². The number of anilines is 1. The van der Waals surface area contributed by atoms with Crippen LogP contribution in [0, 0.1) is 11.2 Å². The van der Waals surface area contributed by atoms with E-state index in [0.717, 1.165) is 65.3 Å². The number of esters is 1. The third kappa shape index (κ3) is 11.4. The van der Waals surface area contributed by atoms with E-state index in [1.54, 1.807) is 40.0 Å². The zero-order chi connectivity index (χ0) is 48.2. The van der Waals surface area contributed by atoms with Gasteiger partial charge in [0, 0.05) is 74.9 Å². The number of alkyl carbamates (subject to hydrolysis) is 1. The second kappa shape index (κ2) is 21.0. The molecule has 2 aromatic carbocycles. The van der Waals surface area contributed by atoms with Crippen molar-refractivity contribution in [3.05, 3.63) is 65.2 Å². The molecule has 0 unspecified atom stereocenters. The monoisotopic (exact) mass is 918 g/mol. The third-order valence-corrected chi connectivity index (χ3v) is 19.0. The van der Waals surface area contributed by atoms with Gasteiger partial charge in [-0.3, -0.25) is 4.98 Å². The van der Waals surface area contributed by atoms with Crippen molar-refractivity contribution < 1.29 is 37.7 Å². The quantitative estimate of drug-likeness (QED) is 0.0654. The van der Waals surface area contributed by atoms with Crippen molar-refractivity contribution in [3.63, 3.8) is 0 Å². The maximum atomic E-state index is 17.6. The molecule has 2 aromatic heterocycles. The van der Waals surface area contributed by atoms with Gasteiger partial charge >= 0.3 is 12.1 Å². The Bertz CT molecular complexity index is 2270. The van der Waals surface area contributed by atoms with Crippen LogP contribution in [-0.4, -0.2) is 93.7 Å². The maximum absolute atomic E-state index is 17.6. The Morgan fingerprint density at radius 3 is 2.14 bits per heavy atom. The maximum Gasteiger partial charge on any atom is 0.408 e. The molecule has 14 heteroatoms. The van der Waals surface area contributed by atoms with Gasteiger partial charge in [-0.1, -0.05) is 61.5 Å². The van der Waals surface area contributed by atoms with Gasteiger partial charge in [0.1, 0.15) is 23.2 Å². The number of rotatable bonds is 18. The number of amides is 1. The van der Waals surface area contributed by atoms with Crippen LogP contribution in [0.4, 0.5) is 14.9 Å². The smallest absolute Gasteiger partial charge is 0.408 e. The van der Waals surface area contributed by atoms with Gasteiger partial charge in [-0.15, -0.1) is 0 Å². The summed E-state index contributed by atoms with van der Waals surface area (Å²) in [5.74, 6) is -0.774. The lowest BCUT2D eigenvalue weighted by atomic mass is 9.84. The van der Waals surface area contributed by atoms with Crippen LogP contribution in [0.15, 0.2) is 42.6 Å². The van der Waals surface area contributed by atoms with Gasteiger partial charge in [-0.2, -0.15) is 0 Å². The number of benzene rings is 2. The molecule has 1 aliphatic heterocycles. The molecular weight excluding hydrogens is 842 g/mol. The van der Waals surface area contributed by atoms with E-state index < -0.39 is 43.3 Å². The molecule has 0 spiro atoms. The number of pyridine rings is 1. The van der Waals surface area contributed by atoms with Crippen LogP contribution in [-0.2, 0) is 38.4 Å². The van der Waals surface area contributed by atoms with E-state index in [2.05, 4.69) is 74.6 Å². The highest BCUT2D eigenvalue weighted by atomic mass is 28.4. The zero-order valence-electron chi connectivity index (χ0n) is 41.7. The Morgan fingerprint density at radius 2 is 1.58 bits per heavy atom. The molecule has 4 aromatic rings. The second-order valence-corrected chi connectivity index (χ2v) is 25.7. The number of nitrogens with zero attached hydrogens (tertiary/aromatic N) is 3. The molecule has 0 bridgehead atoms. The first kappa shape index (κ1) is 51.5. The Morgan fingerprint density at radius 1 is 0.938 bits per heavy atom. The zero-order valence-corrected chi connectivity index (χ0v) is 42.7. The highest BCUT2D eigenvalue weighted by Gasteiger charge is 2.47. The summed E-state index contributed by atoms with van der Waals surface area (Å²) >= 11 is 0. The van der Waals surface area contributed by atoms with E-state index in [1.165, 1.54) is 7.11 Å². The van der Waals surface area contributed by atoms with Crippen LogP contribution < -0.4 is 20.0 Å². The topological polar surface area (TPSA) is 136 Å². The van der Waals surface area contributed by atoms with Crippen LogP contribution in [0.5, 0.6) is 5.75 Å². The lowest BCUT2D eigenvalue weighted by Gasteiger charge is -2.42. The number of halogens is 1. The summed E-state index contributed by atoms with van der Waals surface area (Å²) in [5, 5.41) is 17.8. The molecule has 3 N–H and O–H groups in total. The van der Waals surface area contributed by atoms with Crippen LogP contribution >= 0.6 is 0 Å². The number of nitrogens with one attached hydrogen (secondary N) is 2. The number of aliphatic hydroxyl groups excluding tert-OH is 1. The van der Waals surface area contributed by atoms with Crippen LogP contribution in [0.2, 0.25) is 16.6 Å². The third-order valence-electron chi connectivity index (χ3n) is 13.0. The molecule has 0 radical (unpaired) electrons. The second-order valence-electron chi connectivity index (χ2n) is 20.3. The largest absolute Gasteiger partial charge is 0.543 e. The van der Waals surface area contributed by atoms with E-state index in [-0.39, 0.29) is 41.3 Å². The molecule has 2 atom stereocenters. The fraction of sp³-hybridized carbons (Fsp3) is 0.588. The van der Waals surface area contributed by atoms with E-state index in [1.807, 2.05) is 45.2 Å². The molecule has 1 fully saturated rings. The van der Waals surface area contributed by atoms with Gasteiger partial charge in [0.25, 0.3) is 8.32 Å². The Hall–Kier alpha value is -4.50. The molecule has 3 heterocycles. The summed E-state index contributed by atoms with van der Waals surface area (Å²) in [5.41, 5.74) is 6.17. The van der Waals surface area contributed by atoms with Crippen molar-refractivity contribution in [2.45, 2.75) is 144 Å². The van der Waals surface area contributed by atoms with Crippen molar-refractivity contribution >= 4 is 37.0 Å². The number of ether oxygens (including phenoxy) is 3. The molecule has 1 amide bonds. The van der Waals surface area contributed by atoms with Gasteiger partial charge < -0.3 is 43.8 Å². The number of hydrogen-bond donors (Lipinski definition) is 3. The Labute approximate surface area is 388 Å². The fourth-order valence-electron chi connectivity index (χ4n) is 9.76. The van der Waals surface area contributed by atoms with E-state index in [4.69, 9.17) is 23.6 Å². The first-order chi connectivity index (χ1) is 30.5. The number of piperazine rings is 1. The van der Waals surface area contributed by atoms with Crippen molar-refractivity contribution in [3.8, 4) is 28.1 Å². The number of fused-ring (bicyclic) bond motifs is 1. The number of aliphatic hydroxyl groups is 1. The molecule has 12 nitrogen and oxygen atoms in total. The predicted molar refractivity (Wildman–Crippen MR) is 262 cm³/mol. The molecule has 0 saturated carbocycles. The highest BCUT2D eigenvalue weighted by Crippen LogP contribution is 2.46. The van der Waals surface area contributed by atoms with Gasteiger partial charge in [0.15, 0.2) is 0 Å². The summed E-state index contributed by atoms with van der Waals surface area (Å²) in [6, 6.07) is 10.5. The van der Waals surface area contributed by atoms with Crippen LogP contribution in [0.1, 0.15) is 113 Å². The SMILES string of the molecule is CCn1c(-c2cc(N3CCNCC3)cnc2[C@H](C)OC)c(CC(C)(C)CO)c2cc(-c3cc(O[Si](C(C)C)(C(C)C)C(C)C)cc(C[C@H](NC(=O)OC(C)(C)C)C(=O)OC)c3F)ccc21. The van der Waals surface area contributed by atoms with Gasteiger partial charge in [0.05, 0.1) is 36.5 Å². The lowest BCUT2D eigenvalue weighted by Crippen LogP contribution is -2.50. The minimum atomic E-state index is -2.57. The normalized spacial score (nSPS) is 14.9. The standard InChI is InChI=1S/C51H76FN5O7Si/c1-16-57-44-18-17-35(24-40(44)42(28-51(12,13)30-58)47(57)41-26-37(56-21-19-53-20-22-56)29-54-46(41)34(8)61-14)39-27-38(64-65(31(2)3,32(4)5)33(6)7)23-36(45(39)52)25-43(48(59)62-15)55-49(60)63-50(9,10)11/h17-18,23-24,26-27,29,31-34,43,53,58H,16,19-22,25,28,30H2,1-15H3,(H,55,60)/t34-,43-/m0/s1. The molecule has 358 valence electrons. The molecular formula is C51H76FN5O7Si. The van der Waals surface area contributed by atoms with Gasteiger partial charge in [0.2, 0.25) is 0 Å². The number of aryl methyl sites for hydroxylation is 1. The molecule has 0 aliphatic carbocycles. The average molecular weight is 918 g/mol. The Kier molecular flexibility index (Phi) is 16.6. The minimum absolute atomic E-state index is 0.0470.